The lowest BCUT2D eigenvalue weighted by Crippen LogP contribution is -2.58. The van der Waals surface area contributed by atoms with Gasteiger partial charge in [-0.3, -0.25) is 4.79 Å². The number of hydrogen-bond donors (Lipinski definition) is 5. The molecule has 0 aromatic heterocycles. The third-order valence-electron chi connectivity index (χ3n) is 13.3. The van der Waals surface area contributed by atoms with Gasteiger partial charge in [-0.15, -0.1) is 0 Å². The maximum Gasteiger partial charge on any atom is 0.306 e. The van der Waals surface area contributed by atoms with Gasteiger partial charge in [0.1, 0.15) is 6.10 Å². The van der Waals surface area contributed by atoms with Crippen molar-refractivity contribution in [3.05, 3.63) is 11.6 Å². The van der Waals surface area contributed by atoms with Gasteiger partial charge in [-0.2, -0.15) is 0 Å². The summed E-state index contributed by atoms with van der Waals surface area (Å²) in [6.07, 6.45) is 18.8. The zero-order valence-corrected chi connectivity index (χ0v) is 31.4. The van der Waals surface area contributed by atoms with Gasteiger partial charge in [-0.05, 0) is 150 Å². The monoisotopic (exact) mass is 658 g/mol. The van der Waals surface area contributed by atoms with E-state index in [0.717, 1.165) is 83.7 Å². The quantitative estimate of drug-likeness (QED) is 0.0419. The van der Waals surface area contributed by atoms with Crippen LogP contribution in [0.2, 0.25) is 0 Å². The van der Waals surface area contributed by atoms with Crippen molar-refractivity contribution in [3.8, 4) is 0 Å². The van der Waals surface area contributed by atoms with E-state index in [4.69, 9.17) is 16.2 Å². The largest absolute Gasteiger partial charge is 0.462 e. The number of unbranched alkanes of at least 4 members (excludes halogenated alkanes) is 1. The number of rotatable bonds is 20. The topological polar surface area (TPSA) is 114 Å². The number of fused-ring (bicyclic) bond motifs is 5. The second-order valence-electron chi connectivity index (χ2n) is 17.3. The van der Waals surface area contributed by atoms with E-state index in [1.807, 2.05) is 0 Å². The molecule has 0 amide bonds. The zero-order chi connectivity index (χ0) is 34.1. The van der Waals surface area contributed by atoms with Crippen LogP contribution in [0.5, 0.6) is 0 Å². The summed E-state index contributed by atoms with van der Waals surface area (Å²) in [5.41, 5.74) is 14.3. The van der Waals surface area contributed by atoms with Gasteiger partial charge in [0.25, 0.3) is 0 Å². The summed E-state index contributed by atoms with van der Waals surface area (Å²) in [7, 11) is 0. The Balaban J connectivity index is 1.32. The highest BCUT2D eigenvalue weighted by Gasteiger charge is 2.63. The lowest BCUT2D eigenvalue weighted by atomic mass is 9.46. The van der Waals surface area contributed by atoms with Gasteiger partial charge in [-0.25, -0.2) is 0 Å². The smallest absolute Gasteiger partial charge is 0.306 e. The molecule has 0 aliphatic heterocycles. The molecule has 4 rings (SSSR count). The minimum absolute atomic E-state index is 0.0168. The molecule has 0 aromatic carbocycles. The number of hydrogen-bond acceptors (Lipinski definition) is 7. The molecule has 3 saturated carbocycles. The highest BCUT2D eigenvalue weighted by Crippen LogP contribution is 2.68. The first-order valence-corrected chi connectivity index (χ1v) is 20.0. The molecule has 272 valence electrons. The van der Waals surface area contributed by atoms with Crippen molar-refractivity contribution < 1.29 is 9.53 Å². The van der Waals surface area contributed by atoms with Crippen molar-refractivity contribution >= 4 is 5.97 Å². The second kappa shape index (κ2) is 17.8. The van der Waals surface area contributed by atoms with Crippen LogP contribution in [-0.4, -0.2) is 57.0 Å². The van der Waals surface area contributed by atoms with Crippen molar-refractivity contribution in [2.75, 3.05) is 39.3 Å². The van der Waals surface area contributed by atoms with Gasteiger partial charge >= 0.3 is 5.97 Å². The van der Waals surface area contributed by atoms with Gasteiger partial charge in [-0.1, -0.05) is 72.5 Å². The molecular weight excluding hydrogens is 582 g/mol. The van der Waals surface area contributed by atoms with E-state index < -0.39 is 5.66 Å². The lowest BCUT2D eigenvalue weighted by Gasteiger charge is -2.59. The molecule has 8 atom stereocenters. The molecule has 0 heterocycles. The Labute approximate surface area is 289 Å². The average Bonchev–Trinajstić information content (AvgIpc) is 3.31. The number of nitrogens with one attached hydrogen (secondary N) is 3. The highest BCUT2D eigenvalue weighted by atomic mass is 16.5. The summed E-state index contributed by atoms with van der Waals surface area (Å²) in [5, 5.41) is 10.5. The van der Waals surface area contributed by atoms with Crippen LogP contribution < -0.4 is 27.4 Å². The molecule has 4 aliphatic rings. The Morgan fingerprint density at radius 1 is 0.915 bits per heavy atom. The molecule has 0 aromatic rings. The fourth-order valence-corrected chi connectivity index (χ4v) is 10.7. The molecule has 0 bridgehead atoms. The van der Waals surface area contributed by atoms with Gasteiger partial charge in [0.05, 0.1) is 5.66 Å². The summed E-state index contributed by atoms with van der Waals surface area (Å²) >= 11 is 0. The van der Waals surface area contributed by atoms with E-state index in [0.29, 0.717) is 36.0 Å². The van der Waals surface area contributed by atoms with E-state index in [2.05, 4.69) is 63.6 Å². The Morgan fingerprint density at radius 2 is 1.60 bits per heavy atom. The SMILES string of the molecule is CCNCCCNCCCCNCCCC(=O)OC1C[C@H]([C@H](C)CCCC(C)C)[C@@]2(C)CCC3C(CC=C4CC(N)(N)CC[C@@]43C)C12. The fourth-order valence-electron chi connectivity index (χ4n) is 10.7. The summed E-state index contributed by atoms with van der Waals surface area (Å²) < 4.78 is 6.59. The Kier molecular flexibility index (Phi) is 14.7. The first-order chi connectivity index (χ1) is 22.4. The van der Waals surface area contributed by atoms with Crippen molar-refractivity contribution in [1.29, 1.82) is 0 Å². The Morgan fingerprint density at radius 3 is 2.30 bits per heavy atom. The van der Waals surface area contributed by atoms with Crippen molar-refractivity contribution in [1.82, 2.24) is 16.0 Å². The van der Waals surface area contributed by atoms with Crippen LogP contribution in [-0.2, 0) is 9.53 Å². The van der Waals surface area contributed by atoms with E-state index in [1.165, 1.54) is 56.9 Å². The van der Waals surface area contributed by atoms with Crippen LogP contribution in [0.25, 0.3) is 0 Å². The minimum atomic E-state index is -0.568. The first-order valence-electron chi connectivity index (χ1n) is 20.0. The molecule has 0 saturated heterocycles. The third-order valence-corrected chi connectivity index (χ3v) is 13.3. The lowest BCUT2D eigenvalue weighted by molar-refractivity contribution is -0.157. The predicted molar refractivity (Wildman–Crippen MR) is 197 cm³/mol. The van der Waals surface area contributed by atoms with E-state index in [9.17, 15) is 4.79 Å². The second-order valence-corrected chi connectivity index (χ2v) is 17.3. The number of carbonyl (C=O) groups is 1. The molecule has 7 heteroatoms. The number of allylic oxidation sites excluding steroid dienone is 1. The molecule has 0 radical (unpaired) electrons. The summed E-state index contributed by atoms with van der Waals surface area (Å²) in [6.45, 7) is 20.6. The average molecular weight is 658 g/mol. The minimum Gasteiger partial charge on any atom is -0.462 e. The zero-order valence-electron chi connectivity index (χ0n) is 31.4. The van der Waals surface area contributed by atoms with Crippen LogP contribution in [0.4, 0.5) is 0 Å². The maximum absolute atomic E-state index is 13.4. The first kappa shape index (κ1) is 38.8. The normalized spacial score (nSPS) is 33.6. The van der Waals surface area contributed by atoms with E-state index in [1.54, 1.807) is 0 Å². The van der Waals surface area contributed by atoms with Crippen LogP contribution in [0.15, 0.2) is 11.6 Å². The Bertz CT molecular complexity index is 999. The maximum atomic E-state index is 13.4. The number of ether oxygens (including phenoxy) is 1. The van der Waals surface area contributed by atoms with Gasteiger partial charge in [0.15, 0.2) is 0 Å². The van der Waals surface area contributed by atoms with Gasteiger partial charge in [0, 0.05) is 12.3 Å². The Hall–Kier alpha value is -0.990. The van der Waals surface area contributed by atoms with Crippen molar-refractivity contribution in [2.45, 2.75) is 150 Å². The molecular formula is C40H75N5O2. The molecule has 3 fully saturated rings. The number of esters is 1. The predicted octanol–water partition coefficient (Wildman–Crippen LogP) is 6.90. The molecule has 0 spiro atoms. The van der Waals surface area contributed by atoms with E-state index >= 15 is 0 Å². The number of carbonyl (C=O) groups excluding carboxylic acids is 1. The molecule has 4 unspecified atom stereocenters. The highest BCUT2D eigenvalue weighted by molar-refractivity contribution is 5.69. The molecule has 47 heavy (non-hydrogen) atoms. The van der Waals surface area contributed by atoms with Crippen molar-refractivity contribution in [3.63, 3.8) is 0 Å². The summed E-state index contributed by atoms with van der Waals surface area (Å²) in [5.74, 6) is 3.69. The van der Waals surface area contributed by atoms with Crippen LogP contribution in [0.1, 0.15) is 138 Å². The molecule has 7 nitrogen and oxygen atoms in total. The van der Waals surface area contributed by atoms with Crippen molar-refractivity contribution in [2.24, 2.45) is 57.8 Å². The fraction of sp³-hybridized carbons (Fsp3) is 0.925. The summed E-state index contributed by atoms with van der Waals surface area (Å²) in [4.78, 5) is 13.4. The van der Waals surface area contributed by atoms with Crippen LogP contribution >= 0.6 is 0 Å². The molecule has 4 aliphatic carbocycles. The van der Waals surface area contributed by atoms with E-state index in [-0.39, 0.29) is 22.9 Å². The van der Waals surface area contributed by atoms with Gasteiger partial charge in [0.2, 0.25) is 0 Å². The summed E-state index contributed by atoms with van der Waals surface area (Å²) in [6, 6.07) is 0. The van der Waals surface area contributed by atoms with Crippen LogP contribution in [0.3, 0.4) is 0 Å². The third kappa shape index (κ3) is 10.1. The van der Waals surface area contributed by atoms with Gasteiger partial charge < -0.3 is 32.2 Å². The van der Waals surface area contributed by atoms with Crippen LogP contribution in [0, 0.1) is 46.3 Å². The molecule has 7 N–H and O–H groups in total. The number of nitrogens with two attached hydrogens (primary N) is 2. The standard InChI is InChI=1S/C40H75N5O2/c1-7-43-25-12-26-45-23-9-8-22-44-24-11-15-36(46)47-35-27-34(30(4)14-10-13-29(2)3)39(6)19-18-33-32(37(35)39)17-16-31-28-40(41,42)21-20-38(31,33)5/h16,29-30,32-35,37,43-45H,7-15,17-28,41-42H2,1-6H3/t30-,32?,33?,34-,35?,37?,38+,39-/m1/s1.